The topological polar surface area (TPSA) is 37.8 Å². The van der Waals surface area contributed by atoms with Crippen molar-refractivity contribution in [2.75, 3.05) is 11.9 Å². The van der Waals surface area contributed by atoms with Crippen LogP contribution in [0.2, 0.25) is 0 Å². The Bertz CT molecular complexity index is 549. The highest BCUT2D eigenvalue weighted by molar-refractivity contribution is 7.08. The summed E-state index contributed by atoms with van der Waals surface area (Å²) in [5, 5.41) is 7.68. The molecule has 19 heavy (non-hydrogen) atoms. The van der Waals surface area contributed by atoms with E-state index >= 15 is 0 Å². The van der Waals surface area contributed by atoms with Gasteiger partial charge in [0.15, 0.2) is 5.82 Å². The number of fused-ring (bicyclic) bond motifs is 1. The predicted molar refractivity (Wildman–Crippen MR) is 80.8 cm³/mol. The molecule has 100 valence electrons. The fraction of sp³-hybridized carbons (Fsp3) is 0.467. The van der Waals surface area contributed by atoms with E-state index in [1.165, 1.54) is 24.1 Å². The van der Waals surface area contributed by atoms with Gasteiger partial charge in [-0.3, -0.25) is 0 Å². The molecule has 4 heteroatoms. The normalized spacial score (nSPS) is 14.2. The Morgan fingerprint density at radius 2 is 2.16 bits per heavy atom. The van der Waals surface area contributed by atoms with Crippen LogP contribution in [0.4, 0.5) is 5.82 Å². The summed E-state index contributed by atoms with van der Waals surface area (Å²) in [7, 11) is 0. The lowest BCUT2D eigenvalue weighted by Gasteiger charge is -2.19. The van der Waals surface area contributed by atoms with Crippen LogP contribution in [-0.2, 0) is 12.8 Å². The van der Waals surface area contributed by atoms with Gasteiger partial charge in [-0.1, -0.05) is 6.92 Å². The average Bonchev–Trinajstić information content (AvgIpc) is 2.98. The van der Waals surface area contributed by atoms with E-state index in [1.807, 2.05) is 0 Å². The monoisotopic (exact) mass is 273 g/mol. The molecule has 1 N–H and O–H groups in total. The lowest BCUT2D eigenvalue weighted by molar-refractivity contribution is 0.664. The summed E-state index contributed by atoms with van der Waals surface area (Å²) < 4.78 is 0. The molecule has 0 amide bonds. The number of hydrogen-bond donors (Lipinski definition) is 1. The van der Waals surface area contributed by atoms with Crippen LogP contribution in [-0.4, -0.2) is 16.5 Å². The fourth-order valence-corrected chi connectivity index (χ4v) is 3.14. The summed E-state index contributed by atoms with van der Waals surface area (Å²) in [5.74, 6) is 1.94. The number of hydrogen-bond acceptors (Lipinski definition) is 4. The summed E-state index contributed by atoms with van der Waals surface area (Å²) in [6.07, 6.45) is 5.84. The van der Waals surface area contributed by atoms with E-state index < -0.39 is 0 Å². The Balaban J connectivity index is 2.02. The second kappa shape index (κ2) is 5.70. The summed E-state index contributed by atoms with van der Waals surface area (Å²) in [4.78, 5) is 9.53. The molecule has 2 aromatic rings. The third-order valence-electron chi connectivity index (χ3n) is 3.50. The van der Waals surface area contributed by atoms with Crippen LogP contribution < -0.4 is 5.32 Å². The minimum Gasteiger partial charge on any atom is -0.370 e. The standard InChI is InChI=1S/C15H19N3S/c1-2-8-16-15-12-5-3-4-6-13(12)17-14(18-15)11-7-9-19-10-11/h7,9-10H,2-6,8H2,1H3,(H,16,17,18). The van der Waals surface area contributed by atoms with E-state index in [9.17, 15) is 0 Å². The van der Waals surface area contributed by atoms with Gasteiger partial charge in [-0.25, -0.2) is 9.97 Å². The van der Waals surface area contributed by atoms with Crippen molar-refractivity contribution in [2.45, 2.75) is 39.0 Å². The first-order valence-corrected chi connectivity index (χ1v) is 7.99. The van der Waals surface area contributed by atoms with Crippen LogP contribution in [0.1, 0.15) is 37.4 Å². The number of thiophene rings is 1. The van der Waals surface area contributed by atoms with Crippen LogP contribution in [0.3, 0.4) is 0 Å². The molecule has 0 saturated carbocycles. The van der Waals surface area contributed by atoms with Crippen molar-refractivity contribution in [1.29, 1.82) is 0 Å². The lowest BCUT2D eigenvalue weighted by Crippen LogP contribution is -2.14. The van der Waals surface area contributed by atoms with Gasteiger partial charge in [0.1, 0.15) is 5.82 Å². The Labute approximate surface area is 118 Å². The van der Waals surface area contributed by atoms with Crippen LogP contribution in [0, 0.1) is 0 Å². The maximum absolute atomic E-state index is 4.78. The van der Waals surface area contributed by atoms with Gasteiger partial charge < -0.3 is 5.32 Å². The molecule has 2 aromatic heterocycles. The van der Waals surface area contributed by atoms with Gasteiger partial charge in [0.25, 0.3) is 0 Å². The third kappa shape index (κ3) is 2.63. The van der Waals surface area contributed by atoms with Gasteiger partial charge in [0, 0.05) is 28.7 Å². The highest BCUT2D eigenvalue weighted by Gasteiger charge is 2.18. The molecular formula is C15H19N3S. The van der Waals surface area contributed by atoms with E-state index in [-0.39, 0.29) is 0 Å². The van der Waals surface area contributed by atoms with Crippen molar-refractivity contribution >= 4 is 17.2 Å². The van der Waals surface area contributed by atoms with Crippen LogP contribution in [0.15, 0.2) is 16.8 Å². The number of aromatic nitrogens is 2. The Kier molecular flexibility index (Phi) is 3.78. The molecule has 0 spiro atoms. The van der Waals surface area contributed by atoms with Gasteiger partial charge >= 0.3 is 0 Å². The van der Waals surface area contributed by atoms with Crippen LogP contribution >= 0.6 is 11.3 Å². The summed E-state index contributed by atoms with van der Waals surface area (Å²) in [6.45, 7) is 3.16. The Hall–Kier alpha value is -1.42. The number of aryl methyl sites for hydroxylation is 1. The van der Waals surface area contributed by atoms with E-state index in [1.54, 1.807) is 11.3 Å². The minimum atomic E-state index is 0.875. The van der Waals surface area contributed by atoms with Crippen molar-refractivity contribution in [1.82, 2.24) is 9.97 Å². The highest BCUT2D eigenvalue weighted by atomic mass is 32.1. The zero-order chi connectivity index (χ0) is 13.1. The molecule has 3 rings (SSSR count). The second-order valence-electron chi connectivity index (χ2n) is 4.97. The van der Waals surface area contributed by atoms with E-state index in [4.69, 9.17) is 9.97 Å². The fourth-order valence-electron chi connectivity index (χ4n) is 2.50. The third-order valence-corrected chi connectivity index (χ3v) is 4.19. The Morgan fingerprint density at radius 3 is 2.95 bits per heavy atom. The van der Waals surface area contributed by atoms with Crippen molar-refractivity contribution in [3.63, 3.8) is 0 Å². The molecule has 1 aliphatic rings. The van der Waals surface area contributed by atoms with Crippen molar-refractivity contribution in [3.05, 3.63) is 28.1 Å². The number of anilines is 1. The molecular weight excluding hydrogens is 254 g/mol. The van der Waals surface area contributed by atoms with E-state index in [0.717, 1.165) is 43.0 Å². The first-order chi connectivity index (χ1) is 9.38. The Morgan fingerprint density at radius 1 is 1.26 bits per heavy atom. The van der Waals surface area contributed by atoms with Gasteiger partial charge in [-0.15, -0.1) is 0 Å². The summed E-state index contributed by atoms with van der Waals surface area (Å²) in [6, 6.07) is 2.10. The molecule has 0 unspecified atom stereocenters. The molecule has 0 radical (unpaired) electrons. The van der Waals surface area contributed by atoms with Gasteiger partial charge in [0.2, 0.25) is 0 Å². The zero-order valence-corrected chi connectivity index (χ0v) is 12.1. The van der Waals surface area contributed by atoms with Crippen LogP contribution in [0.25, 0.3) is 11.4 Å². The summed E-state index contributed by atoms with van der Waals surface area (Å²) in [5.41, 5.74) is 3.73. The predicted octanol–water partition coefficient (Wildman–Crippen LogP) is 3.91. The minimum absolute atomic E-state index is 0.875. The smallest absolute Gasteiger partial charge is 0.162 e. The number of nitrogens with one attached hydrogen (secondary N) is 1. The molecule has 1 aliphatic carbocycles. The zero-order valence-electron chi connectivity index (χ0n) is 11.3. The number of nitrogens with zero attached hydrogens (tertiary/aromatic N) is 2. The first kappa shape index (κ1) is 12.6. The maximum atomic E-state index is 4.78. The van der Waals surface area contributed by atoms with Crippen molar-refractivity contribution in [2.24, 2.45) is 0 Å². The molecule has 0 atom stereocenters. The molecule has 0 saturated heterocycles. The largest absolute Gasteiger partial charge is 0.370 e. The van der Waals surface area contributed by atoms with E-state index in [2.05, 4.69) is 29.1 Å². The first-order valence-electron chi connectivity index (χ1n) is 7.04. The summed E-state index contributed by atoms with van der Waals surface area (Å²) >= 11 is 1.70. The van der Waals surface area contributed by atoms with Gasteiger partial charge in [-0.05, 0) is 43.6 Å². The van der Waals surface area contributed by atoms with Gasteiger partial charge in [0.05, 0.1) is 0 Å². The average molecular weight is 273 g/mol. The van der Waals surface area contributed by atoms with E-state index in [0.29, 0.717) is 0 Å². The maximum Gasteiger partial charge on any atom is 0.162 e. The van der Waals surface area contributed by atoms with Crippen molar-refractivity contribution in [3.8, 4) is 11.4 Å². The highest BCUT2D eigenvalue weighted by Crippen LogP contribution is 2.29. The molecule has 0 fully saturated rings. The lowest BCUT2D eigenvalue weighted by atomic mass is 9.96. The van der Waals surface area contributed by atoms with Gasteiger partial charge in [-0.2, -0.15) is 11.3 Å². The van der Waals surface area contributed by atoms with Crippen LogP contribution in [0.5, 0.6) is 0 Å². The quantitative estimate of drug-likeness (QED) is 0.918. The second-order valence-corrected chi connectivity index (χ2v) is 5.75. The van der Waals surface area contributed by atoms with Crippen molar-refractivity contribution < 1.29 is 0 Å². The molecule has 0 bridgehead atoms. The SMILES string of the molecule is CCCNc1nc(-c2ccsc2)nc2c1CCCC2. The molecule has 0 aromatic carbocycles. The molecule has 3 nitrogen and oxygen atoms in total. The number of rotatable bonds is 4. The molecule has 0 aliphatic heterocycles. The molecule has 2 heterocycles.